The molecule has 3 aromatic rings. The molecular weight excluding hydrogens is 350 g/mol. The van der Waals surface area contributed by atoms with Crippen LogP contribution >= 0.6 is 0 Å². The van der Waals surface area contributed by atoms with Crippen LogP contribution in [-0.4, -0.2) is 25.8 Å². The molecule has 1 amide bonds. The van der Waals surface area contributed by atoms with Crippen LogP contribution in [0.1, 0.15) is 16.1 Å². The molecule has 2 heterocycles. The molecule has 10 nitrogen and oxygen atoms in total. The second-order valence-corrected chi connectivity index (χ2v) is 5.41. The number of rotatable bonds is 6. The standard InChI is InChI=1S/C17H15N7O3/c1-11-6-5-9-13(20-11)21-15-14(24(26)27)16(19-10-18-15)22-23-17(25)12-7-3-2-4-8-12/h2-10H,1H3,(H,23,25)(H2,18,19,20,21,22). The minimum atomic E-state index is -0.644. The van der Waals surface area contributed by atoms with Gasteiger partial charge in [0.2, 0.25) is 11.6 Å². The topological polar surface area (TPSA) is 135 Å². The lowest BCUT2D eigenvalue weighted by molar-refractivity contribution is -0.383. The van der Waals surface area contributed by atoms with Crippen molar-refractivity contribution in [3.63, 3.8) is 0 Å². The summed E-state index contributed by atoms with van der Waals surface area (Å²) in [5.41, 5.74) is 5.57. The van der Waals surface area contributed by atoms with E-state index in [4.69, 9.17) is 0 Å². The molecule has 2 aromatic heterocycles. The predicted octanol–water partition coefficient (Wildman–Crippen LogP) is 2.59. The lowest BCUT2D eigenvalue weighted by Crippen LogP contribution is -2.30. The smallest absolute Gasteiger partial charge is 0.319 e. The number of carbonyl (C=O) groups excluding carboxylic acids is 1. The average Bonchev–Trinajstić information content (AvgIpc) is 2.66. The van der Waals surface area contributed by atoms with Crippen LogP contribution in [0.25, 0.3) is 0 Å². The Hall–Kier alpha value is -4.08. The first-order valence-corrected chi connectivity index (χ1v) is 7.86. The first-order valence-electron chi connectivity index (χ1n) is 7.86. The molecule has 0 fully saturated rings. The fourth-order valence-corrected chi connectivity index (χ4v) is 2.25. The average molecular weight is 365 g/mol. The number of nitrogens with one attached hydrogen (secondary N) is 3. The number of hydrogen-bond acceptors (Lipinski definition) is 8. The number of aryl methyl sites for hydroxylation is 1. The van der Waals surface area contributed by atoms with Gasteiger partial charge in [0.15, 0.2) is 0 Å². The van der Waals surface area contributed by atoms with Gasteiger partial charge in [-0.05, 0) is 31.2 Å². The second-order valence-electron chi connectivity index (χ2n) is 5.41. The molecule has 3 rings (SSSR count). The number of amides is 1. The molecule has 0 spiro atoms. The van der Waals surface area contributed by atoms with E-state index in [1.54, 1.807) is 55.5 Å². The SMILES string of the molecule is Cc1cccc(Nc2ncnc(NNC(=O)c3ccccc3)c2[N+](=O)[O-])n1. The van der Waals surface area contributed by atoms with Crippen LogP contribution in [0, 0.1) is 17.0 Å². The van der Waals surface area contributed by atoms with Gasteiger partial charge >= 0.3 is 5.69 Å². The Morgan fingerprint density at radius 3 is 2.48 bits per heavy atom. The van der Waals surface area contributed by atoms with Crippen molar-refractivity contribution >= 4 is 29.0 Å². The van der Waals surface area contributed by atoms with Gasteiger partial charge in [-0.25, -0.2) is 15.0 Å². The highest BCUT2D eigenvalue weighted by Crippen LogP contribution is 2.30. The Labute approximate surface area is 153 Å². The van der Waals surface area contributed by atoms with Crippen LogP contribution < -0.4 is 16.2 Å². The number of aromatic nitrogens is 3. The van der Waals surface area contributed by atoms with E-state index in [1.807, 2.05) is 0 Å². The van der Waals surface area contributed by atoms with E-state index in [9.17, 15) is 14.9 Å². The Bertz CT molecular complexity index is 979. The molecule has 1 aromatic carbocycles. The van der Waals surface area contributed by atoms with E-state index < -0.39 is 16.5 Å². The van der Waals surface area contributed by atoms with Crippen LogP contribution in [0.4, 0.5) is 23.1 Å². The third-order valence-corrected chi connectivity index (χ3v) is 3.47. The van der Waals surface area contributed by atoms with Gasteiger partial charge in [0, 0.05) is 11.3 Å². The van der Waals surface area contributed by atoms with Gasteiger partial charge in [-0.3, -0.25) is 25.8 Å². The summed E-state index contributed by atoms with van der Waals surface area (Å²) in [6, 6.07) is 13.6. The normalized spacial score (nSPS) is 10.1. The molecule has 0 bridgehead atoms. The minimum Gasteiger partial charge on any atom is -0.319 e. The fraction of sp³-hybridized carbons (Fsp3) is 0.0588. The Morgan fingerprint density at radius 2 is 1.78 bits per heavy atom. The Kier molecular flexibility index (Phi) is 5.17. The molecule has 0 unspecified atom stereocenters. The van der Waals surface area contributed by atoms with E-state index in [0.717, 1.165) is 12.0 Å². The fourth-order valence-electron chi connectivity index (χ4n) is 2.25. The summed E-state index contributed by atoms with van der Waals surface area (Å²) in [4.78, 5) is 35.0. The summed E-state index contributed by atoms with van der Waals surface area (Å²) >= 11 is 0. The molecule has 3 N–H and O–H groups in total. The van der Waals surface area contributed by atoms with Gasteiger partial charge in [-0.2, -0.15) is 0 Å². The van der Waals surface area contributed by atoms with E-state index in [-0.39, 0.29) is 11.6 Å². The van der Waals surface area contributed by atoms with Crippen molar-refractivity contribution in [1.29, 1.82) is 0 Å². The molecular formula is C17H15N7O3. The van der Waals surface area contributed by atoms with Gasteiger partial charge in [0.25, 0.3) is 5.91 Å². The summed E-state index contributed by atoms with van der Waals surface area (Å²) in [5.74, 6) is -0.270. The maximum absolute atomic E-state index is 12.1. The van der Waals surface area contributed by atoms with Crippen LogP contribution in [0.2, 0.25) is 0 Å². The minimum absolute atomic E-state index is 0.0513. The molecule has 136 valence electrons. The van der Waals surface area contributed by atoms with Gasteiger partial charge in [0.05, 0.1) is 4.92 Å². The zero-order chi connectivity index (χ0) is 19.2. The molecule has 10 heteroatoms. The zero-order valence-electron chi connectivity index (χ0n) is 14.2. The van der Waals surface area contributed by atoms with Gasteiger partial charge in [0.1, 0.15) is 12.1 Å². The van der Waals surface area contributed by atoms with Crippen LogP contribution in [0.5, 0.6) is 0 Å². The number of nitrogens with zero attached hydrogens (tertiary/aromatic N) is 4. The lowest BCUT2D eigenvalue weighted by Gasteiger charge is -2.10. The summed E-state index contributed by atoms with van der Waals surface area (Å²) in [5, 5.41) is 14.3. The van der Waals surface area contributed by atoms with Crippen molar-refractivity contribution in [3.8, 4) is 0 Å². The number of benzene rings is 1. The van der Waals surface area contributed by atoms with E-state index in [2.05, 4.69) is 31.1 Å². The van der Waals surface area contributed by atoms with Crippen LogP contribution in [0.3, 0.4) is 0 Å². The largest absolute Gasteiger partial charge is 0.355 e. The summed E-state index contributed by atoms with van der Waals surface area (Å²) in [6.45, 7) is 1.80. The number of carbonyl (C=O) groups is 1. The van der Waals surface area contributed by atoms with Crippen LogP contribution in [0.15, 0.2) is 54.9 Å². The van der Waals surface area contributed by atoms with E-state index >= 15 is 0 Å². The molecule has 0 atom stereocenters. The number of hydrazine groups is 1. The lowest BCUT2D eigenvalue weighted by atomic mass is 10.2. The molecule has 27 heavy (non-hydrogen) atoms. The summed E-state index contributed by atoms with van der Waals surface area (Å²) in [7, 11) is 0. The van der Waals surface area contributed by atoms with Crippen LogP contribution in [-0.2, 0) is 0 Å². The molecule has 0 radical (unpaired) electrons. The highest BCUT2D eigenvalue weighted by molar-refractivity contribution is 5.95. The van der Waals surface area contributed by atoms with Crippen molar-refractivity contribution < 1.29 is 9.72 Å². The monoisotopic (exact) mass is 365 g/mol. The number of hydrogen-bond donors (Lipinski definition) is 3. The van der Waals surface area contributed by atoms with Gasteiger partial charge in [-0.1, -0.05) is 24.3 Å². The summed E-state index contributed by atoms with van der Waals surface area (Å²) < 4.78 is 0. The maximum Gasteiger partial charge on any atom is 0.355 e. The van der Waals surface area contributed by atoms with Crippen molar-refractivity contribution in [3.05, 3.63) is 76.2 Å². The first-order chi connectivity index (χ1) is 13.0. The molecule has 0 saturated carbocycles. The molecule has 0 saturated heterocycles. The molecule has 0 aliphatic rings. The number of anilines is 3. The summed E-state index contributed by atoms with van der Waals surface area (Å²) in [6.07, 6.45) is 1.14. The number of nitro groups is 1. The van der Waals surface area contributed by atoms with Crippen molar-refractivity contribution in [1.82, 2.24) is 20.4 Å². The Balaban J connectivity index is 1.83. The van der Waals surface area contributed by atoms with E-state index in [1.165, 1.54) is 0 Å². The second kappa shape index (κ2) is 7.87. The third-order valence-electron chi connectivity index (χ3n) is 3.47. The number of pyridine rings is 1. The molecule has 0 aliphatic heterocycles. The zero-order valence-corrected chi connectivity index (χ0v) is 14.2. The van der Waals surface area contributed by atoms with Crippen molar-refractivity contribution in [2.75, 3.05) is 10.7 Å². The van der Waals surface area contributed by atoms with Crippen molar-refractivity contribution in [2.45, 2.75) is 6.92 Å². The van der Waals surface area contributed by atoms with Gasteiger partial charge in [-0.15, -0.1) is 0 Å². The predicted molar refractivity (Wildman–Crippen MR) is 98.5 cm³/mol. The Morgan fingerprint density at radius 1 is 1.04 bits per heavy atom. The quantitative estimate of drug-likeness (QED) is 0.448. The van der Waals surface area contributed by atoms with Gasteiger partial charge < -0.3 is 5.32 Å². The van der Waals surface area contributed by atoms with Crippen molar-refractivity contribution in [2.24, 2.45) is 0 Å². The third kappa shape index (κ3) is 4.31. The maximum atomic E-state index is 12.1. The van der Waals surface area contributed by atoms with E-state index in [0.29, 0.717) is 11.4 Å². The highest BCUT2D eigenvalue weighted by atomic mass is 16.6. The first kappa shape index (κ1) is 17.7. The molecule has 0 aliphatic carbocycles. The highest BCUT2D eigenvalue weighted by Gasteiger charge is 2.24.